The Labute approximate surface area is 168 Å². The summed E-state index contributed by atoms with van der Waals surface area (Å²) in [6.07, 6.45) is 0.931. The molecule has 0 aliphatic heterocycles. The van der Waals surface area contributed by atoms with E-state index in [9.17, 15) is 14.4 Å². The molecule has 0 saturated heterocycles. The van der Waals surface area contributed by atoms with Crippen molar-refractivity contribution in [3.63, 3.8) is 0 Å². The summed E-state index contributed by atoms with van der Waals surface area (Å²) in [7, 11) is 0. The number of fused-ring (bicyclic) bond motifs is 1. The van der Waals surface area contributed by atoms with Gasteiger partial charge < -0.3 is 10.3 Å². The molecule has 0 bridgehead atoms. The second kappa shape index (κ2) is 7.51. The number of carbonyl (C=O) groups is 2. The quantitative estimate of drug-likeness (QED) is 0.709. The molecule has 1 heterocycles. The first-order valence-corrected chi connectivity index (χ1v) is 9.65. The molecule has 5 nitrogen and oxygen atoms in total. The fourth-order valence-electron chi connectivity index (χ4n) is 3.90. The van der Waals surface area contributed by atoms with E-state index in [0.717, 1.165) is 16.7 Å². The molecular formula is C24H22N2O3. The number of carbonyl (C=O) groups excluding carboxylic acids is 2. The molecule has 1 amide bonds. The van der Waals surface area contributed by atoms with Crippen molar-refractivity contribution in [2.75, 3.05) is 5.32 Å². The van der Waals surface area contributed by atoms with Crippen molar-refractivity contribution in [3.05, 3.63) is 98.5 Å². The van der Waals surface area contributed by atoms with Gasteiger partial charge in [-0.25, -0.2) is 0 Å². The third-order valence-electron chi connectivity index (χ3n) is 5.45. The highest BCUT2D eigenvalue weighted by Gasteiger charge is 2.28. The fraction of sp³-hybridized carbons (Fsp3) is 0.208. The Kier molecular flexibility index (Phi) is 4.89. The van der Waals surface area contributed by atoms with Crippen molar-refractivity contribution in [2.24, 2.45) is 0 Å². The number of rotatable bonds is 3. The lowest BCUT2D eigenvalue weighted by Crippen LogP contribution is -2.29. The van der Waals surface area contributed by atoms with Crippen molar-refractivity contribution in [2.45, 2.75) is 32.6 Å². The van der Waals surface area contributed by atoms with Crippen molar-refractivity contribution in [3.8, 4) is 0 Å². The lowest BCUT2D eigenvalue weighted by molar-refractivity contribution is 0.0963. The van der Waals surface area contributed by atoms with E-state index < -0.39 is 11.5 Å². The predicted molar refractivity (Wildman–Crippen MR) is 113 cm³/mol. The van der Waals surface area contributed by atoms with Crippen molar-refractivity contribution in [1.82, 2.24) is 4.98 Å². The summed E-state index contributed by atoms with van der Waals surface area (Å²) in [4.78, 5) is 40.8. The largest absolute Gasteiger partial charge is 0.325 e. The summed E-state index contributed by atoms with van der Waals surface area (Å²) >= 11 is 0. The van der Waals surface area contributed by atoms with Gasteiger partial charge in [-0.3, -0.25) is 14.4 Å². The number of aromatic nitrogens is 1. The van der Waals surface area contributed by atoms with E-state index in [1.807, 2.05) is 62.4 Å². The van der Waals surface area contributed by atoms with Gasteiger partial charge >= 0.3 is 0 Å². The van der Waals surface area contributed by atoms with Gasteiger partial charge in [-0.2, -0.15) is 0 Å². The summed E-state index contributed by atoms with van der Waals surface area (Å²) in [6.45, 7) is 3.87. The summed E-state index contributed by atoms with van der Waals surface area (Å²) in [5.74, 6) is -0.544. The number of H-pyrrole nitrogens is 1. The summed E-state index contributed by atoms with van der Waals surface area (Å²) in [5.41, 5.74) is 4.23. The molecule has 2 aromatic carbocycles. The summed E-state index contributed by atoms with van der Waals surface area (Å²) in [6, 6.07) is 16.9. The van der Waals surface area contributed by atoms with E-state index in [1.165, 1.54) is 6.07 Å². The van der Waals surface area contributed by atoms with Crippen LogP contribution >= 0.6 is 0 Å². The molecule has 0 saturated carbocycles. The molecule has 0 unspecified atom stereocenters. The summed E-state index contributed by atoms with van der Waals surface area (Å²) in [5, 5.41) is 2.78. The first-order valence-electron chi connectivity index (χ1n) is 9.65. The second-order valence-corrected chi connectivity index (χ2v) is 7.62. The van der Waals surface area contributed by atoms with E-state index in [4.69, 9.17) is 0 Å². The first-order chi connectivity index (χ1) is 13.9. The number of amides is 1. The molecule has 4 rings (SSSR count). The highest BCUT2D eigenvalue weighted by atomic mass is 16.2. The number of benzene rings is 2. The van der Waals surface area contributed by atoms with E-state index >= 15 is 0 Å². The number of aryl methyl sites for hydroxylation is 2. The molecule has 146 valence electrons. The predicted octanol–water partition coefficient (Wildman–Crippen LogP) is 4.16. The van der Waals surface area contributed by atoms with Gasteiger partial charge in [0.2, 0.25) is 0 Å². The van der Waals surface area contributed by atoms with Crippen LogP contribution in [-0.4, -0.2) is 16.7 Å². The Hall–Kier alpha value is -3.47. The molecule has 1 aromatic heterocycles. The zero-order valence-electron chi connectivity index (χ0n) is 16.4. The molecule has 1 aliphatic carbocycles. The topological polar surface area (TPSA) is 79.0 Å². The fourth-order valence-corrected chi connectivity index (χ4v) is 3.90. The van der Waals surface area contributed by atoms with Gasteiger partial charge in [-0.15, -0.1) is 0 Å². The smallest absolute Gasteiger partial charge is 0.261 e. The number of nitrogens with one attached hydrogen (secondary N) is 2. The average molecular weight is 386 g/mol. The Balaban J connectivity index is 1.63. The van der Waals surface area contributed by atoms with Crippen LogP contribution in [-0.2, 0) is 6.42 Å². The van der Waals surface area contributed by atoms with E-state index in [2.05, 4.69) is 10.3 Å². The van der Waals surface area contributed by atoms with Crippen LogP contribution in [0.2, 0.25) is 0 Å². The van der Waals surface area contributed by atoms with Crippen LogP contribution in [0.4, 0.5) is 5.69 Å². The standard InChI is InChI=1S/C24H22N2O3/c1-14-8-9-20(15(2)10-14)25-23(28)19-13-18-21(26-24(19)29)11-17(12-22(18)27)16-6-4-3-5-7-16/h3-10,13,17H,11-12H2,1-2H3,(H,25,28)(H,26,29)/t17-/m0/s1. The Bertz CT molecular complexity index is 1160. The maximum absolute atomic E-state index is 12.8. The zero-order valence-corrected chi connectivity index (χ0v) is 16.4. The number of hydrogen-bond acceptors (Lipinski definition) is 3. The minimum Gasteiger partial charge on any atom is -0.325 e. The number of hydrogen-bond donors (Lipinski definition) is 2. The lowest BCUT2D eigenvalue weighted by atomic mass is 9.81. The average Bonchev–Trinajstić information content (AvgIpc) is 2.70. The van der Waals surface area contributed by atoms with Gasteiger partial charge in [0.1, 0.15) is 5.56 Å². The Morgan fingerprint density at radius 1 is 1.00 bits per heavy atom. The lowest BCUT2D eigenvalue weighted by Gasteiger charge is -2.24. The van der Waals surface area contributed by atoms with E-state index in [-0.39, 0.29) is 17.3 Å². The van der Waals surface area contributed by atoms with Gasteiger partial charge in [0, 0.05) is 23.4 Å². The van der Waals surface area contributed by atoms with Gasteiger partial charge in [0.25, 0.3) is 11.5 Å². The van der Waals surface area contributed by atoms with Crippen molar-refractivity contribution in [1.29, 1.82) is 0 Å². The zero-order chi connectivity index (χ0) is 20.5. The van der Waals surface area contributed by atoms with Crippen LogP contribution in [0.15, 0.2) is 59.4 Å². The molecule has 0 fully saturated rings. The molecule has 0 radical (unpaired) electrons. The third-order valence-corrected chi connectivity index (χ3v) is 5.45. The molecule has 1 atom stereocenters. The number of anilines is 1. The van der Waals surface area contributed by atoms with Crippen molar-refractivity contribution >= 4 is 17.4 Å². The van der Waals surface area contributed by atoms with Gasteiger partial charge in [-0.1, -0.05) is 48.0 Å². The van der Waals surface area contributed by atoms with E-state index in [0.29, 0.717) is 29.8 Å². The molecule has 3 aromatic rings. The van der Waals surface area contributed by atoms with Gasteiger partial charge in [-0.05, 0) is 49.4 Å². The Morgan fingerprint density at radius 3 is 2.48 bits per heavy atom. The van der Waals surface area contributed by atoms with Gasteiger partial charge in [0.05, 0.1) is 0 Å². The van der Waals surface area contributed by atoms with Crippen LogP contribution in [0, 0.1) is 13.8 Å². The molecule has 0 spiro atoms. The van der Waals surface area contributed by atoms with Crippen LogP contribution in [0.3, 0.4) is 0 Å². The molecule has 5 heteroatoms. The first kappa shape index (κ1) is 18.9. The molecular weight excluding hydrogens is 364 g/mol. The SMILES string of the molecule is Cc1ccc(NC(=O)c2cc3c([nH]c2=O)C[C@H](c2ccccc2)CC3=O)c(C)c1. The highest BCUT2D eigenvalue weighted by molar-refractivity contribution is 6.07. The molecule has 2 N–H and O–H groups in total. The number of aromatic amines is 1. The second-order valence-electron chi connectivity index (χ2n) is 7.62. The van der Waals surface area contributed by atoms with Crippen molar-refractivity contribution < 1.29 is 9.59 Å². The maximum atomic E-state index is 12.8. The number of ketones is 1. The molecule has 29 heavy (non-hydrogen) atoms. The van der Waals surface area contributed by atoms with Gasteiger partial charge in [0.15, 0.2) is 5.78 Å². The third kappa shape index (κ3) is 3.76. The molecule has 1 aliphatic rings. The highest BCUT2D eigenvalue weighted by Crippen LogP contribution is 2.31. The minimum absolute atomic E-state index is 0.0294. The van der Waals surface area contributed by atoms with E-state index in [1.54, 1.807) is 0 Å². The Morgan fingerprint density at radius 2 is 1.76 bits per heavy atom. The van der Waals surface area contributed by atoms with Crippen LogP contribution < -0.4 is 10.9 Å². The maximum Gasteiger partial charge on any atom is 0.261 e. The van der Waals surface area contributed by atoms with Crippen LogP contribution in [0.5, 0.6) is 0 Å². The van der Waals surface area contributed by atoms with Crippen LogP contribution in [0.25, 0.3) is 0 Å². The number of pyridine rings is 1. The normalized spacial score (nSPS) is 15.7. The minimum atomic E-state index is -0.515. The monoisotopic (exact) mass is 386 g/mol. The number of Topliss-reactive ketones (excluding diaryl/α,β-unsaturated/α-hetero) is 1. The van der Waals surface area contributed by atoms with Crippen LogP contribution in [0.1, 0.15) is 55.4 Å². The summed E-state index contributed by atoms with van der Waals surface area (Å²) < 4.78 is 0.